The summed E-state index contributed by atoms with van der Waals surface area (Å²) in [6.45, 7) is 2.38. The second-order valence-electron chi connectivity index (χ2n) is 4.30. The smallest absolute Gasteiger partial charge is 0.124 e. The molecule has 0 saturated carbocycles. The Balaban J connectivity index is 2.17. The minimum atomic E-state index is -0.411. The number of aryl methyl sites for hydroxylation is 1. The van der Waals surface area contributed by atoms with Gasteiger partial charge < -0.3 is 5.32 Å². The van der Waals surface area contributed by atoms with Crippen molar-refractivity contribution in [1.29, 1.82) is 5.26 Å². The first-order chi connectivity index (χ1) is 9.08. The maximum Gasteiger partial charge on any atom is 0.124 e. The van der Waals surface area contributed by atoms with Crippen LogP contribution in [-0.4, -0.2) is 0 Å². The summed E-state index contributed by atoms with van der Waals surface area (Å²) < 4.78 is 13.3. The van der Waals surface area contributed by atoms with Crippen LogP contribution in [0.15, 0.2) is 36.4 Å². The van der Waals surface area contributed by atoms with E-state index in [1.165, 1.54) is 12.1 Å². The number of nitrogens with zero attached hydrogens (tertiary/aromatic N) is 1. The quantitative estimate of drug-likeness (QED) is 0.907. The van der Waals surface area contributed by atoms with E-state index in [2.05, 4.69) is 5.32 Å². The van der Waals surface area contributed by atoms with Crippen molar-refractivity contribution in [2.75, 3.05) is 5.32 Å². The molecule has 96 valence electrons. The third kappa shape index (κ3) is 3.46. The topological polar surface area (TPSA) is 35.8 Å². The third-order valence-corrected chi connectivity index (χ3v) is 3.02. The van der Waals surface area contributed by atoms with Crippen molar-refractivity contribution in [3.8, 4) is 6.07 Å². The number of hydrogen-bond acceptors (Lipinski definition) is 2. The molecule has 0 aliphatic heterocycles. The Labute approximate surface area is 116 Å². The van der Waals surface area contributed by atoms with Crippen molar-refractivity contribution in [1.82, 2.24) is 0 Å². The maximum atomic E-state index is 13.3. The number of anilines is 1. The molecule has 0 spiro atoms. The fraction of sp³-hybridized carbons (Fsp3) is 0.133. The lowest BCUT2D eigenvalue weighted by Gasteiger charge is -2.09. The van der Waals surface area contributed by atoms with Gasteiger partial charge in [-0.3, -0.25) is 0 Å². The van der Waals surface area contributed by atoms with Crippen LogP contribution in [0.1, 0.15) is 16.7 Å². The standard InChI is InChI=1S/C15H12ClFN2/c1-10-2-3-14(16)15(4-10)19-9-12-5-11(8-18)6-13(17)7-12/h2-7,19H,9H2,1H3. The molecule has 2 aromatic carbocycles. The molecule has 0 amide bonds. The molecule has 0 aliphatic carbocycles. The minimum Gasteiger partial charge on any atom is -0.380 e. The number of rotatable bonds is 3. The molecule has 1 N–H and O–H groups in total. The van der Waals surface area contributed by atoms with Crippen LogP contribution in [0.25, 0.3) is 0 Å². The van der Waals surface area contributed by atoms with Gasteiger partial charge in [0, 0.05) is 6.54 Å². The molecule has 0 saturated heterocycles. The van der Waals surface area contributed by atoms with Gasteiger partial charge in [-0.25, -0.2) is 4.39 Å². The largest absolute Gasteiger partial charge is 0.380 e. The molecule has 0 atom stereocenters. The normalized spacial score (nSPS) is 10.0. The zero-order chi connectivity index (χ0) is 13.8. The number of nitriles is 1. The molecule has 0 aromatic heterocycles. The summed E-state index contributed by atoms with van der Waals surface area (Å²) in [4.78, 5) is 0. The highest BCUT2D eigenvalue weighted by molar-refractivity contribution is 6.33. The van der Waals surface area contributed by atoms with Crippen molar-refractivity contribution in [3.05, 3.63) is 63.9 Å². The monoisotopic (exact) mass is 274 g/mol. The van der Waals surface area contributed by atoms with Crippen LogP contribution in [0.4, 0.5) is 10.1 Å². The van der Waals surface area contributed by atoms with Crippen LogP contribution >= 0.6 is 11.6 Å². The van der Waals surface area contributed by atoms with Crippen LogP contribution < -0.4 is 5.32 Å². The van der Waals surface area contributed by atoms with Gasteiger partial charge in [0.2, 0.25) is 0 Å². The van der Waals surface area contributed by atoms with Gasteiger partial charge in [0.05, 0.1) is 22.3 Å². The second-order valence-corrected chi connectivity index (χ2v) is 4.70. The summed E-state index contributed by atoms with van der Waals surface area (Å²) in [5, 5.41) is 12.5. The van der Waals surface area contributed by atoms with E-state index in [0.29, 0.717) is 22.7 Å². The number of benzene rings is 2. The molecule has 2 rings (SSSR count). The van der Waals surface area contributed by atoms with Crippen molar-refractivity contribution >= 4 is 17.3 Å². The average Bonchev–Trinajstić information content (AvgIpc) is 2.39. The Kier molecular flexibility index (Phi) is 4.03. The van der Waals surface area contributed by atoms with E-state index in [-0.39, 0.29) is 0 Å². The first kappa shape index (κ1) is 13.4. The van der Waals surface area contributed by atoms with E-state index < -0.39 is 5.82 Å². The van der Waals surface area contributed by atoms with E-state index >= 15 is 0 Å². The van der Waals surface area contributed by atoms with E-state index in [9.17, 15) is 4.39 Å². The number of hydrogen-bond donors (Lipinski definition) is 1. The lowest BCUT2D eigenvalue weighted by atomic mass is 10.1. The van der Waals surface area contributed by atoms with Gasteiger partial charge in [-0.1, -0.05) is 17.7 Å². The van der Waals surface area contributed by atoms with Crippen molar-refractivity contribution in [3.63, 3.8) is 0 Å². The van der Waals surface area contributed by atoms with Gasteiger partial charge in [-0.15, -0.1) is 0 Å². The summed E-state index contributed by atoms with van der Waals surface area (Å²) in [5.74, 6) is -0.411. The van der Waals surface area contributed by atoms with E-state index in [1.54, 1.807) is 6.07 Å². The van der Waals surface area contributed by atoms with Gasteiger partial charge >= 0.3 is 0 Å². The Bertz CT molecular complexity index is 647. The van der Waals surface area contributed by atoms with Crippen molar-refractivity contribution in [2.45, 2.75) is 13.5 Å². The van der Waals surface area contributed by atoms with E-state index in [4.69, 9.17) is 16.9 Å². The molecule has 19 heavy (non-hydrogen) atoms. The summed E-state index contributed by atoms with van der Waals surface area (Å²) >= 11 is 6.06. The Morgan fingerprint density at radius 1 is 1.26 bits per heavy atom. The highest BCUT2D eigenvalue weighted by Gasteiger charge is 2.03. The predicted molar refractivity (Wildman–Crippen MR) is 74.6 cm³/mol. The van der Waals surface area contributed by atoms with Crippen LogP contribution in [0.3, 0.4) is 0 Å². The van der Waals surface area contributed by atoms with Crippen LogP contribution in [0.2, 0.25) is 5.02 Å². The third-order valence-electron chi connectivity index (χ3n) is 2.69. The lowest BCUT2D eigenvalue weighted by molar-refractivity contribution is 0.625. The molecule has 0 fully saturated rings. The van der Waals surface area contributed by atoms with Crippen LogP contribution in [0.5, 0.6) is 0 Å². The van der Waals surface area contributed by atoms with Gasteiger partial charge in [-0.2, -0.15) is 5.26 Å². The maximum absolute atomic E-state index is 13.3. The highest BCUT2D eigenvalue weighted by Crippen LogP contribution is 2.23. The second kappa shape index (κ2) is 5.73. The molecule has 2 nitrogen and oxygen atoms in total. The average molecular weight is 275 g/mol. The Morgan fingerprint density at radius 3 is 2.79 bits per heavy atom. The molecule has 0 heterocycles. The molecule has 0 bridgehead atoms. The first-order valence-corrected chi connectivity index (χ1v) is 6.16. The molecule has 0 radical (unpaired) electrons. The van der Waals surface area contributed by atoms with Gasteiger partial charge in [0.25, 0.3) is 0 Å². The van der Waals surface area contributed by atoms with Gasteiger partial charge in [0.15, 0.2) is 0 Å². The predicted octanol–water partition coefficient (Wildman–Crippen LogP) is 4.27. The fourth-order valence-electron chi connectivity index (χ4n) is 1.79. The number of halogens is 2. The lowest BCUT2D eigenvalue weighted by Crippen LogP contribution is -2.01. The van der Waals surface area contributed by atoms with E-state index in [1.807, 2.05) is 31.2 Å². The van der Waals surface area contributed by atoms with Crippen LogP contribution in [0, 0.1) is 24.1 Å². The number of nitrogens with one attached hydrogen (secondary N) is 1. The first-order valence-electron chi connectivity index (χ1n) is 5.78. The molecule has 2 aromatic rings. The SMILES string of the molecule is Cc1ccc(Cl)c(NCc2cc(F)cc(C#N)c2)c1. The molecular weight excluding hydrogens is 263 g/mol. The summed E-state index contributed by atoms with van der Waals surface area (Å²) in [5.41, 5.74) is 2.90. The van der Waals surface area contributed by atoms with Gasteiger partial charge in [0.1, 0.15) is 5.82 Å². The molecule has 4 heteroatoms. The van der Waals surface area contributed by atoms with E-state index in [0.717, 1.165) is 11.3 Å². The summed E-state index contributed by atoms with van der Waals surface area (Å²) in [6.07, 6.45) is 0. The molecular formula is C15H12ClFN2. The van der Waals surface area contributed by atoms with Crippen molar-refractivity contribution < 1.29 is 4.39 Å². The molecule has 0 unspecified atom stereocenters. The van der Waals surface area contributed by atoms with Gasteiger partial charge in [-0.05, 0) is 48.4 Å². The Morgan fingerprint density at radius 2 is 2.05 bits per heavy atom. The summed E-state index contributed by atoms with van der Waals surface area (Å²) in [6, 6.07) is 11.9. The zero-order valence-electron chi connectivity index (χ0n) is 10.4. The zero-order valence-corrected chi connectivity index (χ0v) is 11.1. The summed E-state index contributed by atoms with van der Waals surface area (Å²) in [7, 11) is 0. The van der Waals surface area contributed by atoms with Crippen molar-refractivity contribution in [2.24, 2.45) is 0 Å². The minimum absolute atomic E-state index is 0.312. The van der Waals surface area contributed by atoms with Crippen LogP contribution in [-0.2, 0) is 6.54 Å². The fourth-order valence-corrected chi connectivity index (χ4v) is 1.97. The molecule has 0 aliphatic rings. The highest BCUT2D eigenvalue weighted by atomic mass is 35.5. The Hall–Kier alpha value is -2.05.